The van der Waals surface area contributed by atoms with Crippen molar-refractivity contribution in [1.29, 1.82) is 0 Å². The number of nitrogens with one attached hydrogen (secondary N) is 3. The molecule has 1 fully saturated rings. The summed E-state index contributed by atoms with van der Waals surface area (Å²) in [7, 11) is 1.76. The Morgan fingerprint density at radius 1 is 1.15 bits per heavy atom. The number of aliphatic imine (C=N–C) groups is 1. The largest absolute Gasteiger partial charge is 0.444 e. The Labute approximate surface area is 176 Å². The zero-order valence-corrected chi connectivity index (χ0v) is 19.4. The predicted molar refractivity (Wildman–Crippen MR) is 118 cm³/mol. The number of halogens is 1. The molecule has 1 aliphatic heterocycles. The summed E-state index contributed by atoms with van der Waals surface area (Å²) in [4.78, 5) is 18.3. The van der Waals surface area contributed by atoms with E-state index in [0.717, 1.165) is 12.5 Å². The van der Waals surface area contributed by atoms with Gasteiger partial charge in [0.15, 0.2) is 5.96 Å². The number of ether oxygens (including phenoxy) is 1. The second-order valence-electron chi connectivity index (χ2n) is 7.59. The predicted octanol–water partition coefficient (Wildman–Crippen LogP) is 2.42. The molecule has 8 heteroatoms. The van der Waals surface area contributed by atoms with Crippen LogP contribution in [0.5, 0.6) is 0 Å². The highest BCUT2D eigenvalue weighted by Gasteiger charge is 2.18. The van der Waals surface area contributed by atoms with Gasteiger partial charge in [0.25, 0.3) is 0 Å². The van der Waals surface area contributed by atoms with Crippen LogP contribution in [0.25, 0.3) is 0 Å². The Kier molecular flexibility index (Phi) is 13.0. The van der Waals surface area contributed by atoms with E-state index in [1.54, 1.807) is 7.05 Å². The molecule has 0 radical (unpaired) electrons. The van der Waals surface area contributed by atoms with Crippen LogP contribution in [0.1, 0.15) is 47.0 Å². The number of carbonyl (C=O) groups is 1. The van der Waals surface area contributed by atoms with E-state index >= 15 is 0 Å². The molecule has 0 aromatic carbocycles. The summed E-state index contributed by atoms with van der Waals surface area (Å²) in [6.07, 6.45) is 3.32. The first kappa shape index (κ1) is 25.2. The molecule has 1 saturated heterocycles. The number of piperidine rings is 1. The van der Waals surface area contributed by atoms with Gasteiger partial charge in [0.2, 0.25) is 0 Å². The lowest BCUT2D eigenvalue weighted by molar-refractivity contribution is 0.0529. The molecule has 1 amide bonds. The molecule has 3 N–H and O–H groups in total. The zero-order chi connectivity index (χ0) is 18.7. The summed E-state index contributed by atoms with van der Waals surface area (Å²) < 4.78 is 5.20. The van der Waals surface area contributed by atoms with Gasteiger partial charge in [-0.25, -0.2) is 4.79 Å². The smallest absolute Gasteiger partial charge is 0.407 e. The number of carbonyl (C=O) groups excluding carboxylic acids is 1. The molecule has 0 saturated carbocycles. The van der Waals surface area contributed by atoms with Crippen LogP contribution in [0, 0.1) is 5.92 Å². The number of guanidine groups is 1. The molecule has 26 heavy (non-hydrogen) atoms. The minimum Gasteiger partial charge on any atom is -0.444 e. The maximum atomic E-state index is 11.6. The Bertz CT molecular complexity index is 418. The standard InChI is InChI=1S/C18H37N5O2.HI/c1-6-11-23-12-7-15(8-13-23)14-22-16(19-5)20-9-10-21-17(24)25-18(2,3)4;/h15H,6-14H2,1-5H3,(H,21,24)(H2,19,20,22);1H. The van der Waals surface area contributed by atoms with Crippen LogP contribution in [0.15, 0.2) is 4.99 Å². The molecule has 0 aromatic heterocycles. The van der Waals surface area contributed by atoms with Crippen molar-refractivity contribution in [2.24, 2.45) is 10.9 Å². The van der Waals surface area contributed by atoms with Crippen LogP contribution in [0.2, 0.25) is 0 Å². The van der Waals surface area contributed by atoms with E-state index in [9.17, 15) is 4.79 Å². The second-order valence-corrected chi connectivity index (χ2v) is 7.59. The fraction of sp³-hybridized carbons (Fsp3) is 0.889. The molecular weight excluding hydrogens is 445 g/mol. The van der Waals surface area contributed by atoms with Gasteiger partial charge in [-0.2, -0.15) is 0 Å². The van der Waals surface area contributed by atoms with Crippen LogP contribution < -0.4 is 16.0 Å². The highest BCUT2D eigenvalue weighted by atomic mass is 127. The molecule has 0 aromatic rings. The van der Waals surface area contributed by atoms with E-state index in [-0.39, 0.29) is 24.0 Å². The maximum absolute atomic E-state index is 11.6. The van der Waals surface area contributed by atoms with Gasteiger partial charge in [-0.05, 0) is 65.6 Å². The van der Waals surface area contributed by atoms with E-state index in [2.05, 4.69) is 32.8 Å². The molecule has 0 unspecified atom stereocenters. The monoisotopic (exact) mass is 483 g/mol. The van der Waals surface area contributed by atoms with Gasteiger partial charge in [0.1, 0.15) is 5.60 Å². The minimum absolute atomic E-state index is 0. The molecule has 7 nitrogen and oxygen atoms in total. The molecule has 1 heterocycles. The first-order valence-electron chi connectivity index (χ1n) is 9.47. The van der Waals surface area contributed by atoms with E-state index in [0.29, 0.717) is 19.0 Å². The van der Waals surface area contributed by atoms with Gasteiger partial charge in [-0.15, -0.1) is 24.0 Å². The SMILES string of the molecule is CCCN1CCC(CNC(=NC)NCCNC(=O)OC(C)(C)C)CC1.I. The van der Waals surface area contributed by atoms with Gasteiger partial charge in [0.05, 0.1) is 0 Å². The van der Waals surface area contributed by atoms with Crippen LogP contribution in [-0.2, 0) is 4.74 Å². The van der Waals surface area contributed by atoms with Crippen LogP contribution in [-0.4, -0.2) is 68.9 Å². The fourth-order valence-electron chi connectivity index (χ4n) is 2.85. The number of likely N-dealkylation sites (tertiary alicyclic amines) is 1. The summed E-state index contributed by atoms with van der Waals surface area (Å²) in [6.45, 7) is 13.4. The quantitative estimate of drug-likeness (QED) is 0.225. The Balaban J connectivity index is 0.00000625. The number of hydrogen-bond acceptors (Lipinski definition) is 4. The van der Waals surface area contributed by atoms with Gasteiger partial charge in [-0.1, -0.05) is 6.92 Å². The van der Waals surface area contributed by atoms with Crippen molar-refractivity contribution in [3.63, 3.8) is 0 Å². The van der Waals surface area contributed by atoms with Crippen molar-refractivity contribution >= 4 is 36.0 Å². The van der Waals surface area contributed by atoms with Crippen LogP contribution in [0.4, 0.5) is 4.79 Å². The Morgan fingerprint density at radius 2 is 1.77 bits per heavy atom. The van der Waals surface area contributed by atoms with E-state index in [1.165, 1.54) is 38.9 Å². The normalized spacial score (nSPS) is 16.6. The fourth-order valence-corrected chi connectivity index (χ4v) is 2.85. The van der Waals surface area contributed by atoms with Gasteiger partial charge >= 0.3 is 6.09 Å². The molecule has 1 rings (SSSR count). The lowest BCUT2D eigenvalue weighted by atomic mass is 9.97. The van der Waals surface area contributed by atoms with Crippen molar-refractivity contribution in [2.75, 3.05) is 46.3 Å². The van der Waals surface area contributed by atoms with E-state index in [1.807, 2.05) is 20.8 Å². The van der Waals surface area contributed by atoms with Crippen molar-refractivity contribution in [3.8, 4) is 0 Å². The number of amides is 1. The van der Waals surface area contributed by atoms with Gasteiger partial charge in [0, 0.05) is 26.7 Å². The number of hydrogen-bond donors (Lipinski definition) is 3. The Morgan fingerprint density at radius 3 is 2.31 bits per heavy atom. The van der Waals surface area contributed by atoms with Crippen molar-refractivity contribution < 1.29 is 9.53 Å². The Hall–Kier alpha value is -0.770. The second kappa shape index (κ2) is 13.4. The highest BCUT2D eigenvalue weighted by molar-refractivity contribution is 14.0. The van der Waals surface area contributed by atoms with Crippen molar-refractivity contribution in [1.82, 2.24) is 20.9 Å². The molecule has 1 aliphatic rings. The first-order chi connectivity index (χ1) is 11.8. The average Bonchev–Trinajstić information content (AvgIpc) is 2.54. The lowest BCUT2D eigenvalue weighted by Gasteiger charge is -2.32. The van der Waals surface area contributed by atoms with Gasteiger partial charge in [-0.3, -0.25) is 4.99 Å². The van der Waals surface area contributed by atoms with Crippen molar-refractivity contribution in [2.45, 2.75) is 52.6 Å². The molecule has 0 spiro atoms. The number of alkyl carbamates (subject to hydrolysis) is 1. The minimum atomic E-state index is -0.470. The summed E-state index contributed by atoms with van der Waals surface area (Å²) in [5.41, 5.74) is -0.470. The van der Waals surface area contributed by atoms with Crippen molar-refractivity contribution in [3.05, 3.63) is 0 Å². The third-order valence-corrected chi connectivity index (χ3v) is 4.11. The highest BCUT2D eigenvalue weighted by Crippen LogP contribution is 2.16. The van der Waals surface area contributed by atoms with E-state index in [4.69, 9.17) is 4.74 Å². The molecule has 154 valence electrons. The number of nitrogens with zero attached hydrogens (tertiary/aromatic N) is 2. The number of rotatable bonds is 7. The molecule has 0 atom stereocenters. The van der Waals surface area contributed by atoms with Gasteiger partial charge < -0.3 is 25.6 Å². The first-order valence-corrected chi connectivity index (χ1v) is 9.47. The topological polar surface area (TPSA) is 78.0 Å². The molecule has 0 aliphatic carbocycles. The zero-order valence-electron chi connectivity index (χ0n) is 17.1. The average molecular weight is 483 g/mol. The summed E-state index contributed by atoms with van der Waals surface area (Å²) in [5, 5.41) is 9.33. The molecule has 0 bridgehead atoms. The van der Waals surface area contributed by atoms with Crippen LogP contribution in [0.3, 0.4) is 0 Å². The summed E-state index contributed by atoms with van der Waals surface area (Å²) in [5.74, 6) is 1.48. The summed E-state index contributed by atoms with van der Waals surface area (Å²) >= 11 is 0. The van der Waals surface area contributed by atoms with E-state index < -0.39 is 11.7 Å². The third-order valence-electron chi connectivity index (χ3n) is 4.11. The lowest BCUT2D eigenvalue weighted by Crippen LogP contribution is -2.45. The summed E-state index contributed by atoms with van der Waals surface area (Å²) in [6, 6.07) is 0. The maximum Gasteiger partial charge on any atom is 0.407 e. The third kappa shape index (κ3) is 11.8. The van der Waals surface area contributed by atoms with Crippen LogP contribution >= 0.6 is 24.0 Å². The molecular formula is C18H38IN5O2.